The average Bonchev–Trinajstić information content (AvgIpc) is 2.91. The van der Waals surface area contributed by atoms with E-state index in [2.05, 4.69) is 41.3 Å². The number of carbonyl (C=O) groups is 2. The summed E-state index contributed by atoms with van der Waals surface area (Å²) in [7, 11) is 2.04. The Morgan fingerprint density at radius 1 is 1.10 bits per heavy atom. The van der Waals surface area contributed by atoms with Crippen molar-refractivity contribution < 1.29 is 14.7 Å². The number of carbonyl (C=O) groups excluding carboxylic acids is 1. The van der Waals surface area contributed by atoms with E-state index in [4.69, 9.17) is 0 Å². The van der Waals surface area contributed by atoms with Gasteiger partial charge in [0, 0.05) is 32.6 Å². The first-order valence-electron chi connectivity index (χ1n) is 10.4. The molecule has 1 fully saturated rings. The molecule has 2 aliphatic carbocycles. The van der Waals surface area contributed by atoms with E-state index < -0.39 is 11.9 Å². The molecule has 1 saturated heterocycles. The molecule has 4 rings (SSSR count). The summed E-state index contributed by atoms with van der Waals surface area (Å²) in [4.78, 5) is 28.8. The maximum absolute atomic E-state index is 12.8. The highest BCUT2D eigenvalue weighted by Crippen LogP contribution is 2.39. The fourth-order valence-electron chi connectivity index (χ4n) is 4.54. The first-order valence-corrected chi connectivity index (χ1v) is 10.4. The van der Waals surface area contributed by atoms with Gasteiger partial charge in [-0.1, -0.05) is 48.1 Å². The molecule has 29 heavy (non-hydrogen) atoms. The largest absolute Gasteiger partial charge is 0.481 e. The number of piperazine rings is 1. The van der Waals surface area contributed by atoms with E-state index >= 15 is 0 Å². The van der Waals surface area contributed by atoms with Crippen molar-refractivity contribution >= 4 is 23.5 Å². The van der Waals surface area contributed by atoms with Crippen LogP contribution in [0, 0.1) is 5.92 Å². The zero-order valence-electron chi connectivity index (χ0n) is 16.9. The Kier molecular flexibility index (Phi) is 5.67. The van der Waals surface area contributed by atoms with Crippen LogP contribution in [0.2, 0.25) is 0 Å². The van der Waals surface area contributed by atoms with Gasteiger partial charge in [-0.15, -0.1) is 0 Å². The monoisotopic (exact) mass is 392 g/mol. The summed E-state index contributed by atoms with van der Waals surface area (Å²) in [5.41, 5.74) is 5.84. The molecule has 3 aliphatic rings. The third-order valence-corrected chi connectivity index (χ3v) is 6.31. The first kappa shape index (κ1) is 19.6. The number of fused-ring (bicyclic) bond motifs is 2. The number of aliphatic carboxylic acids is 1. The molecule has 1 amide bonds. The van der Waals surface area contributed by atoms with Crippen molar-refractivity contribution in [1.29, 1.82) is 0 Å². The van der Waals surface area contributed by atoms with Gasteiger partial charge >= 0.3 is 5.97 Å². The van der Waals surface area contributed by atoms with Gasteiger partial charge in [0.15, 0.2) is 0 Å². The van der Waals surface area contributed by atoms with Crippen LogP contribution in [0.1, 0.15) is 36.8 Å². The fourth-order valence-corrected chi connectivity index (χ4v) is 4.54. The van der Waals surface area contributed by atoms with E-state index in [1.807, 2.05) is 18.0 Å². The highest BCUT2D eigenvalue weighted by Gasteiger charge is 2.31. The zero-order valence-corrected chi connectivity index (χ0v) is 16.9. The molecule has 0 bridgehead atoms. The smallest absolute Gasteiger partial charge is 0.311 e. The molecular weight excluding hydrogens is 364 g/mol. The molecule has 1 N–H and O–H groups in total. The number of allylic oxidation sites excluding steroid dienone is 4. The van der Waals surface area contributed by atoms with Crippen molar-refractivity contribution in [2.75, 3.05) is 33.2 Å². The quantitative estimate of drug-likeness (QED) is 0.853. The third-order valence-electron chi connectivity index (χ3n) is 6.31. The van der Waals surface area contributed by atoms with Crippen LogP contribution < -0.4 is 0 Å². The number of amides is 1. The average molecular weight is 392 g/mol. The highest BCUT2D eigenvalue weighted by atomic mass is 16.4. The molecule has 152 valence electrons. The summed E-state index contributed by atoms with van der Waals surface area (Å²) in [6.07, 6.45) is 8.72. The molecule has 0 aromatic heterocycles. The normalized spacial score (nSPS) is 20.4. The van der Waals surface area contributed by atoms with Crippen molar-refractivity contribution in [3.63, 3.8) is 0 Å². The second kappa shape index (κ2) is 8.37. The minimum atomic E-state index is -0.896. The Bertz CT molecular complexity index is 904. The van der Waals surface area contributed by atoms with E-state index in [1.165, 1.54) is 22.3 Å². The summed E-state index contributed by atoms with van der Waals surface area (Å²) >= 11 is 0. The van der Waals surface area contributed by atoms with Crippen molar-refractivity contribution in [2.24, 2.45) is 5.92 Å². The number of rotatable bonds is 4. The van der Waals surface area contributed by atoms with Gasteiger partial charge in [0.05, 0.1) is 5.92 Å². The third kappa shape index (κ3) is 4.20. The maximum Gasteiger partial charge on any atom is 0.311 e. The molecule has 1 aromatic carbocycles. The zero-order chi connectivity index (χ0) is 20.4. The van der Waals surface area contributed by atoms with Crippen LogP contribution in [0.4, 0.5) is 0 Å². The van der Waals surface area contributed by atoms with E-state index in [-0.39, 0.29) is 12.3 Å². The summed E-state index contributed by atoms with van der Waals surface area (Å²) in [5, 5.41) is 9.87. The lowest BCUT2D eigenvalue weighted by Crippen LogP contribution is -2.47. The van der Waals surface area contributed by atoms with Crippen LogP contribution in [0.25, 0.3) is 11.6 Å². The molecule has 1 aliphatic heterocycles. The lowest BCUT2D eigenvalue weighted by Gasteiger charge is -2.33. The minimum absolute atomic E-state index is 0.0442. The fraction of sp³-hybridized carbons (Fsp3) is 0.417. The van der Waals surface area contributed by atoms with Crippen molar-refractivity contribution in [1.82, 2.24) is 9.80 Å². The van der Waals surface area contributed by atoms with Crippen molar-refractivity contribution in [3.8, 4) is 0 Å². The van der Waals surface area contributed by atoms with Crippen LogP contribution in [0.5, 0.6) is 0 Å². The minimum Gasteiger partial charge on any atom is -0.481 e. The second-order valence-corrected chi connectivity index (χ2v) is 8.20. The van der Waals surface area contributed by atoms with Gasteiger partial charge in [-0.3, -0.25) is 9.59 Å². The number of carboxylic acids is 1. The molecule has 5 heteroatoms. The number of carboxylic acid groups (broad SMARTS) is 1. The van der Waals surface area contributed by atoms with Gasteiger partial charge in [0.2, 0.25) is 5.91 Å². The molecule has 5 nitrogen and oxygen atoms in total. The Hall–Kier alpha value is -2.66. The number of likely N-dealkylation sites (N-methyl/N-ethyl adjacent to an activating group) is 1. The van der Waals surface area contributed by atoms with Crippen LogP contribution >= 0.6 is 0 Å². The second-order valence-electron chi connectivity index (χ2n) is 8.20. The lowest BCUT2D eigenvalue weighted by molar-refractivity contribution is -0.145. The molecule has 1 heterocycles. The lowest BCUT2D eigenvalue weighted by atomic mass is 9.81. The molecule has 0 radical (unpaired) electrons. The van der Waals surface area contributed by atoms with Crippen molar-refractivity contribution in [3.05, 3.63) is 58.7 Å². The van der Waals surface area contributed by atoms with Gasteiger partial charge in [0.25, 0.3) is 0 Å². The maximum atomic E-state index is 12.8. The van der Waals surface area contributed by atoms with Crippen molar-refractivity contribution in [2.45, 2.75) is 25.7 Å². The summed E-state index contributed by atoms with van der Waals surface area (Å²) in [5.74, 6) is -1.68. The van der Waals surface area contributed by atoms with Gasteiger partial charge in [-0.25, -0.2) is 0 Å². The number of hydrogen-bond donors (Lipinski definition) is 1. The van der Waals surface area contributed by atoms with E-state index in [9.17, 15) is 14.7 Å². The molecule has 1 atom stereocenters. The van der Waals surface area contributed by atoms with Crippen LogP contribution in [-0.4, -0.2) is 60.0 Å². The summed E-state index contributed by atoms with van der Waals surface area (Å²) < 4.78 is 0. The van der Waals surface area contributed by atoms with Crippen LogP contribution in [-0.2, 0) is 9.59 Å². The van der Waals surface area contributed by atoms with Crippen LogP contribution in [0.3, 0.4) is 0 Å². The molecular formula is C24H28N2O3. The van der Waals surface area contributed by atoms with Crippen LogP contribution in [0.15, 0.2) is 47.6 Å². The predicted octanol–water partition coefficient (Wildman–Crippen LogP) is 3.44. The van der Waals surface area contributed by atoms with E-state index in [0.29, 0.717) is 19.5 Å². The Morgan fingerprint density at radius 3 is 2.62 bits per heavy atom. The highest BCUT2D eigenvalue weighted by molar-refractivity contribution is 5.86. The molecule has 1 unspecified atom stereocenters. The van der Waals surface area contributed by atoms with Gasteiger partial charge < -0.3 is 14.9 Å². The van der Waals surface area contributed by atoms with E-state index in [1.54, 1.807) is 0 Å². The van der Waals surface area contributed by atoms with Gasteiger partial charge in [0.1, 0.15) is 0 Å². The predicted molar refractivity (Wildman–Crippen MR) is 114 cm³/mol. The summed E-state index contributed by atoms with van der Waals surface area (Å²) in [6.45, 7) is 3.04. The topological polar surface area (TPSA) is 60.9 Å². The number of hydrogen-bond acceptors (Lipinski definition) is 3. The molecule has 0 spiro atoms. The number of nitrogens with zero attached hydrogens (tertiary/aromatic N) is 2. The van der Waals surface area contributed by atoms with Gasteiger partial charge in [-0.2, -0.15) is 0 Å². The molecule has 1 aromatic rings. The standard InChI is InChI=1S/C24H28N2O3/c1-25-11-13-26(14-12-25)23(27)16-22(24(28)29)19-9-10-21-18(15-19)7-4-6-17-5-2-3-8-20(17)21/h2-6,8,15,22H,7,9-14,16H2,1H3,(H,28,29). The van der Waals surface area contributed by atoms with Gasteiger partial charge in [-0.05, 0) is 48.6 Å². The Balaban J connectivity index is 1.56. The first-order chi connectivity index (χ1) is 14.0. The Labute approximate surface area is 172 Å². The number of benzene rings is 1. The molecule has 0 saturated carbocycles. The Morgan fingerprint density at radius 2 is 1.86 bits per heavy atom. The SMILES string of the molecule is CN1CCN(C(=O)CC(C(=O)O)C2=CC3=C(CC2)c2ccccc2C=CC3)CC1. The summed E-state index contributed by atoms with van der Waals surface area (Å²) in [6, 6.07) is 8.36. The van der Waals surface area contributed by atoms with E-state index in [0.717, 1.165) is 31.5 Å².